The van der Waals surface area contributed by atoms with Crippen molar-refractivity contribution in [1.29, 1.82) is 0 Å². The number of likely N-dealkylation sites (tertiary alicyclic amines) is 1. The van der Waals surface area contributed by atoms with E-state index in [4.69, 9.17) is 0 Å². The highest BCUT2D eigenvalue weighted by Gasteiger charge is 2.21. The molecule has 0 aromatic heterocycles. The Morgan fingerprint density at radius 3 is 2.48 bits per heavy atom. The van der Waals surface area contributed by atoms with E-state index in [0.717, 1.165) is 19.6 Å². The van der Waals surface area contributed by atoms with Gasteiger partial charge in [-0.2, -0.15) is 0 Å². The monoisotopic (exact) mass is 291 g/mol. The summed E-state index contributed by atoms with van der Waals surface area (Å²) in [5.41, 5.74) is 0.555. The molecule has 1 fully saturated rings. The van der Waals surface area contributed by atoms with Crippen LogP contribution in [0.5, 0.6) is 0 Å². The number of benzene rings is 1. The van der Waals surface area contributed by atoms with Gasteiger partial charge in [-0.15, -0.1) is 0 Å². The van der Waals surface area contributed by atoms with Gasteiger partial charge in [0.15, 0.2) is 6.04 Å². The molecule has 2 rings (SSSR count). The summed E-state index contributed by atoms with van der Waals surface area (Å²) in [6, 6.07) is 7.19. The van der Waals surface area contributed by atoms with Crippen molar-refractivity contribution in [2.45, 2.75) is 18.9 Å². The lowest BCUT2D eigenvalue weighted by molar-refractivity contribution is -0.139. The van der Waals surface area contributed by atoms with E-state index in [1.807, 2.05) is 0 Å². The van der Waals surface area contributed by atoms with Gasteiger partial charge in [-0.3, -0.25) is 0 Å². The fraction of sp³-hybridized carbons (Fsp3) is 0.467. The van der Waals surface area contributed by atoms with Gasteiger partial charge in [0.05, 0.1) is 0 Å². The van der Waals surface area contributed by atoms with Gasteiger partial charge < -0.3 is 20.6 Å². The number of nitrogens with zero attached hydrogens (tertiary/aromatic N) is 1. The second-order valence-electron chi connectivity index (χ2n) is 5.13. The Morgan fingerprint density at radius 1 is 1.19 bits per heavy atom. The molecule has 1 aliphatic heterocycles. The van der Waals surface area contributed by atoms with Crippen molar-refractivity contribution >= 4 is 12.0 Å². The summed E-state index contributed by atoms with van der Waals surface area (Å²) in [6.07, 6.45) is 2.42. The second kappa shape index (κ2) is 7.64. The Bertz CT molecular complexity index is 472. The molecule has 0 bridgehead atoms. The Labute approximate surface area is 124 Å². The van der Waals surface area contributed by atoms with Crippen LogP contribution in [0.3, 0.4) is 0 Å². The van der Waals surface area contributed by atoms with E-state index >= 15 is 0 Å². The normalized spacial score (nSPS) is 16.4. The molecule has 1 aromatic carbocycles. The first kappa shape index (κ1) is 15.3. The number of carboxylic acid groups (broad SMARTS) is 1. The molecule has 21 heavy (non-hydrogen) atoms. The number of carbonyl (C=O) groups is 2. The minimum absolute atomic E-state index is 0.453. The van der Waals surface area contributed by atoms with Crippen LogP contribution in [-0.4, -0.2) is 48.2 Å². The summed E-state index contributed by atoms with van der Waals surface area (Å²) < 4.78 is 0. The largest absolute Gasteiger partial charge is 0.479 e. The highest BCUT2D eigenvalue weighted by atomic mass is 16.4. The number of amides is 2. The van der Waals surface area contributed by atoms with Crippen LogP contribution in [0.15, 0.2) is 30.3 Å². The Balaban J connectivity index is 1.80. The average Bonchev–Trinajstić information content (AvgIpc) is 2.98. The lowest BCUT2D eigenvalue weighted by Gasteiger charge is -2.17. The van der Waals surface area contributed by atoms with Crippen molar-refractivity contribution in [2.24, 2.45) is 0 Å². The molecule has 6 nitrogen and oxygen atoms in total. The SMILES string of the molecule is O=C(NCCN1CCCC1)N[C@H](C(=O)O)c1ccccc1. The Morgan fingerprint density at radius 2 is 1.86 bits per heavy atom. The number of aliphatic carboxylic acids is 1. The van der Waals surface area contributed by atoms with E-state index in [1.54, 1.807) is 30.3 Å². The molecule has 1 aliphatic rings. The summed E-state index contributed by atoms with van der Waals surface area (Å²) >= 11 is 0. The van der Waals surface area contributed by atoms with Gasteiger partial charge in [0.1, 0.15) is 0 Å². The average molecular weight is 291 g/mol. The highest BCUT2D eigenvalue weighted by Crippen LogP contribution is 2.12. The first-order valence-corrected chi connectivity index (χ1v) is 7.21. The van der Waals surface area contributed by atoms with Crippen molar-refractivity contribution in [1.82, 2.24) is 15.5 Å². The maximum Gasteiger partial charge on any atom is 0.330 e. The Hall–Kier alpha value is -2.08. The zero-order chi connectivity index (χ0) is 15.1. The molecule has 3 N–H and O–H groups in total. The number of rotatable bonds is 6. The van der Waals surface area contributed by atoms with Crippen molar-refractivity contribution in [2.75, 3.05) is 26.2 Å². The first-order valence-electron chi connectivity index (χ1n) is 7.21. The predicted molar refractivity (Wildman–Crippen MR) is 79.0 cm³/mol. The van der Waals surface area contributed by atoms with Crippen LogP contribution in [0.25, 0.3) is 0 Å². The van der Waals surface area contributed by atoms with E-state index < -0.39 is 18.0 Å². The van der Waals surface area contributed by atoms with Crippen LogP contribution in [0.1, 0.15) is 24.4 Å². The fourth-order valence-electron chi connectivity index (χ4n) is 2.45. The molecular formula is C15H21N3O3. The van der Waals surface area contributed by atoms with Gasteiger partial charge in [-0.05, 0) is 31.5 Å². The number of urea groups is 1. The molecule has 0 aliphatic carbocycles. The van der Waals surface area contributed by atoms with Gasteiger partial charge in [-0.25, -0.2) is 9.59 Å². The smallest absolute Gasteiger partial charge is 0.330 e. The molecule has 0 saturated carbocycles. The molecule has 1 atom stereocenters. The van der Waals surface area contributed by atoms with Crippen molar-refractivity contribution < 1.29 is 14.7 Å². The first-order chi connectivity index (χ1) is 10.2. The maximum atomic E-state index is 11.8. The van der Waals surface area contributed by atoms with Crippen LogP contribution in [-0.2, 0) is 4.79 Å². The fourth-order valence-corrected chi connectivity index (χ4v) is 2.45. The molecular weight excluding hydrogens is 270 g/mol. The summed E-state index contributed by atoms with van der Waals surface area (Å²) in [5, 5.41) is 14.4. The van der Waals surface area contributed by atoms with Crippen LogP contribution >= 0.6 is 0 Å². The summed E-state index contributed by atoms with van der Waals surface area (Å²) in [7, 11) is 0. The quantitative estimate of drug-likeness (QED) is 0.736. The number of hydrogen-bond acceptors (Lipinski definition) is 3. The minimum atomic E-state index is -1.07. The van der Waals surface area contributed by atoms with Crippen molar-refractivity contribution in [3.63, 3.8) is 0 Å². The van der Waals surface area contributed by atoms with E-state index in [2.05, 4.69) is 15.5 Å². The van der Waals surface area contributed by atoms with E-state index in [-0.39, 0.29) is 0 Å². The molecule has 1 heterocycles. The van der Waals surface area contributed by atoms with Gasteiger partial charge in [-0.1, -0.05) is 30.3 Å². The second-order valence-corrected chi connectivity index (χ2v) is 5.13. The van der Waals surface area contributed by atoms with Crippen LogP contribution in [0.2, 0.25) is 0 Å². The van der Waals surface area contributed by atoms with Crippen LogP contribution in [0, 0.1) is 0 Å². The molecule has 0 radical (unpaired) electrons. The van der Waals surface area contributed by atoms with E-state index in [1.165, 1.54) is 12.8 Å². The zero-order valence-corrected chi connectivity index (χ0v) is 11.9. The van der Waals surface area contributed by atoms with Crippen molar-refractivity contribution in [3.05, 3.63) is 35.9 Å². The van der Waals surface area contributed by atoms with E-state index in [9.17, 15) is 14.7 Å². The molecule has 0 spiro atoms. The minimum Gasteiger partial charge on any atom is -0.479 e. The number of nitrogens with one attached hydrogen (secondary N) is 2. The van der Waals surface area contributed by atoms with Gasteiger partial charge in [0.25, 0.3) is 0 Å². The van der Waals surface area contributed by atoms with Gasteiger partial charge in [0.2, 0.25) is 0 Å². The number of carbonyl (C=O) groups excluding carboxylic acids is 1. The predicted octanol–water partition coefficient (Wildman–Crippen LogP) is 1.21. The molecule has 0 unspecified atom stereocenters. The molecule has 1 saturated heterocycles. The summed E-state index contributed by atoms with van der Waals surface area (Å²) in [6.45, 7) is 3.47. The van der Waals surface area contributed by atoms with Crippen LogP contribution in [0.4, 0.5) is 4.79 Å². The van der Waals surface area contributed by atoms with Crippen molar-refractivity contribution in [3.8, 4) is 0 Å². The Kier molecular flexibility index (Phi) is 5.57. The zero-order valence-electron chi connectivity index (χ0n) is 11.9. The number of hydrogen-bond donors (Lipinski definition) is 3. The molecule has 2 amide bonds. The van der Waals surface area contributed by atoms with Gasteiger partial charge in [0, 0.05) is 13.1 Å². The summed E-state index contributed by atoms with van der Waals surface area (Å²) in [4.78, 5) is 25.4. The topological polar surface area (TPSA) is 81.7 Å². The maximum absolute atomic E-state index is 11.8. The molecule has 114 valence electrons. The molecule has 6 heteroatoms. The van der Waals surface area contributed by atoms with Gasteiger partial charge >= 0.3 is 12.0 Å². The lowest BCUT2D eigenvalue weighted by Crippen LogP contribution is -2.43. The third kappa shape index (κ3) is 4.75. The molecule has 1 aromatic rings. The highest BCUT2D eigenvalue weighted by molar-refractivity contribution is 5.83. The standard InChI is InChI=1S/C15H21N3O3/c19-14(20)13(12-6-2-1-3-7-12)17-15(21)16-8-11-18-9-4-5-10-18/h1-3,6-7,13H,4-5,8-11H2,(H,19,20)(H2,16,17,21)/t13-/m0/s1. The third-order valence-corrected chi connectivity index (χ3v) is 3.57. The third-order valence-electron chi connectivity index (χ3n) is 3.57. The summed E-state index contributed by atoms with van der Waals surface area (Å²) in [5.74, 6) is -1.07. The lowest BCUT2D eigenvalue weighted by atomic mass is 10.1. The van der Waals surface area contributed by atoms with E-state index in [0.29, 0.717) is 12.1 Å². The number of carboxylic acids is 1. The van der Waals surface area contributed by atoms with Crippen LogP contribution < -0.4 is 10.6 Å².